The van der Waals surface area contributed by atoms with E-state index < -0.39 is 5.91 Å². The molecule has 30 heavy (non-hydrogen) atoms. The number of carbonyl (C=O) groups excluding carboxylic acids is 1. The molecule has 0 atom stereocenters. The molecule has 150 valence electrons. The molecule has 9 heteroatoms. The number of carbonyl (C=O) groups is 1. The molecule has 4 aromatic heterocycles. The zero-order chi connectivity index (χ0) is 21.1. The number of nitrogens with zero attached hydrogens (tertiary/aromatic N) is 5. The number of aromatic nitrogens is 5. The van der Waals surface area contributed by atoms with Crippen LogP contribution in [-0.4, -0.2) is 30.0 Å². The molecule has 1 amide bonds. The average molecular weight is 402 g/mol. The summed E-state index contributed by atoms with van der Waals surface area (Å²) >= 11 is 0. The fourth-order valence-corrected chi connectivity index (χ4v) is 2.76. The minimum atomic E-state index is -0.522. The third-order valence-corrected chi connectivity index (χ3v) is 4.28. The van der Waals surface area contributed by atoms with Crippen molar-refractivity contribution in [2.75, 3.05) is 5.32 Å². The maximum atomic E-state index is 12.3. The highest BCUT2D eigenvalue weighted by Gasteiger charge is 2.12. The summed E-state index contributed by atoms with van der Waals surface area (Å²) in [6.45, 7) is 0. The quantitative estimate of drug-likeness (QED) is 0.550. The Bertz CT molecular complexity index is 1260. The molecular formula is C21H18N6O3. The second kappa shape index (κ2) is 8.00. The monoisotopic (exact) mass is 402 g/mol. The first-order chi connectivity index (χ1) is 14.5. The van der Waals surface area contributed by atoms with E-state index in [0.717, 1.165) is 5.69 Å². The van der Waals surface area contributed by atoms with Crippen molar-refractivity contribution in [2.45, 2.75) is 0 Å². The van der Waals surface area contributed by atoms with Gasteiger partial charge in [-0.25, -0.2) is 9.97 Å². The average Bonchev–Trinajstić information content (AvgIpc) is 3.18. The minimum absolute atomic E-state index is 0.0426. The van der Waals surface area contributed by atoms with Crippen molar-refractivity contribution >= 4 is 11.7 Å². The van der Waals surface area contributed by atoms with Crippen LogP contribution in [0.5, 0.6) is 11.5 Å². The molecular weight excluding hydrogens is 384 g/mol. The van der Waals surface area contributed by atoms with Crippen LogP contribution in [0.15, 0.2) is 72.3 Å². The molecule has 0 aromatic carbocycles. The van der Waals surface area contributed by atoms with Crippen LogP contribution in [-0.2, 0) is 14.1 Å². The van der Waals surface area contributed by atoms with Crippen molar-refractivity contribution < 1.29 is 9.53 Å². The molecule has 0 saturated heterocycles. The smallest absolute Gasteiger partial charge is 0.263 e. The van der Waals surface area contributed by atoms with Gasteiger partial charge in [0.15, 0.2) is 0 Å². The molecule has 0 unspecified atom stereocenters. The van der Waals surface area contributed by atoms with Gasteiger partial charge in [-0.1, -0.05) is 0 Å². The van der Waals surface area contributed by atoms with Crippen LogP contribution in [0, 0.1) is 0 Å². The van der Waals surface area contributed by atoms with E-state index in [1.165, 1.54) is 16.8 Å². The Kier molecular flexibility index (Phi) is 5.08. The summed E-state index contributed by atoms with van der Waals surface area (Å²) in [6.07, 6.45) is 8.28. The third-order valence-electron chi connectivity index (χ3n) is 4.28. The van der Waals surface area contributed by atoms with Crippen LogP contribution in [0.2, 0.25) is 0 Å². The zero-order valence-corrected chi connectivity index (χ0v) is 16.3. The lowest BCUT2D eigenvalue weighted by Crippen LogP contribution is -2.27. The maximum absolute atomic E-state index is 12.3. The predicted octanol–water partition coefficient (Wildman–Crippen LogP) is 2.62. The first-order valence-electron chi connectivity index (χ1n) is 9.05. The van der Waals surface area contributed by atoms with Gasteiger partial charge in [0.2, 0.25) is 0 Å². The van der Waals surface area contributed by atoms with Crippen molar-refractivity contribution in [1.82, 2.24) is 24.1 Å². The second-order valence-electron chi connectivity index (χ2n) is 6.57. The molecule has 9 nitrogen and oxygen atoms in total. The topological polar surface area (TPSA) is 104 Å². The van der Waals surface area contributed by atoms with E-state index >= 15 is 0 Å². The van der Waals surface area contributed by atoms with Crippen molar-refractivity contribution in [2.24, 2.45) is 14.1 Å². The van der Waals surface area contributed by atoms with Gasteiger partial charge in [-0.15, -0.1) is 0 Å². The van der Waals surface area contributed by atoms with Gasteiger partial charge >= 0.3 is 0 Å². The SMILES string of the molecule is Cn1cnc(-c2cc(Oc3ccc(NC(=O)c4cccn(C)c4=O)nc3)ccn2)c1. The standard InChI is InChI=1S/C21H18N6O3/c1-26-12-18(24-13-26)17-10-14(7-8-22-17)30-15-5-6-19(23-11-15)25-20(28)16-4-3-9-27(2)21(16)29/h3-13H,1-2H3,(H,23,25,28). The minimum Gasteiger partial charge on any atom is -0.456 e. The second-order valence-corrected chi connectivity index (χ2v) is 6.57. The molecule has 0 spiro atoms. The van der Waals surface area contributed by atoms with E-state index in [-0.39, 0.29) is 11.1 Å². The van der Waals surface area contributed by atoms with Crippen molar-refractivity contribution in [1.29, 1.82) is 0 Å². The molecule has 0 aliphatic rings. The highest BCUT2D eigenvalue weighted by Crippen LogP contribution is 2.25. The van der Waals surface area contributed by atoms with E-state index in [9.17, 15) is 9.59 Å². The Balaban J connectivity index is 1.46. The van der Waals surface area contributed by atoms with Gasteiger partial charge in [0.05, 0.1) is 18.2 Å². The summed E-state index contributed by atoms with van der Waals surface area (Å²) in [7, 11) is 3.47. The lowest BCUT2D eigenvalue weighted by molar-refractivity contribution is 0.102. The molecule has 4 heterocycles. The zero-order valence-electron chi connectivity index (χ0n) is 16.3. The molecule has 0 aliphatic heterocycles. The fraction of sp³-hybridized carbons (Fsp3) is 0.0952. The van der Waals surface area contributed by atoms with E-state index in [1.54, 1.807) is 56.1 Å². The first kappa shape index (κ1) is 19.1. The molecule has 4 aromatic rings. The molecule has 0 aliphatic carbocycles. The van der Waals surface area contributed by atoms with Gasteiger partial charge in [-0.2, -0.15) is 0 Å². The number of hydrogen-bond donors (Lipinski definition) is 1. The van der Waals surface area contributed by atoms with Crippen LogP contribution < -0.4 is 15.6 Å². The van der Waals surface area contributed by atoms with Crippen LogP contribution in [0.4, 0.5) is 5.82 Å². The fourth-order valence-electron chi connectivity index (χ4n) is 2.76. The number of ether oxygens (including phenoxy) is 1. The number of aryl methyl sites for hydroxylation is 2. The number of amides is 1. The summed E-state index contributed by atoms with van der Waals surface area (Å²) in [4.78, 5) is 37.1. The van der Waals surface area contributed by atoms with E-state index in [0.29, 0.717) is 23.0 Å². The van der Waals surface area contributed by atoms with Crippen LogP contribution in [0.3, 0.4) is 0 Å². The van der Waals surface area contributed by atoms with Gasteiger partial charge in [-0.05, 0) is 30.3 Å². The lowest BCUT2D eigenvalue weighted by Gasteiger charge is -2.08. The van der Waals surface area contributed by atoms with Gasteiger partial charge < -0.3 is 19.2 Å². The van der Waals surface area contributed by atoms with Crippen molar-refractivity contribution in [3.05, 3.63) is 83.4 Å². The highest BCUT2D eigenvalue weighted by molar-refractivity contribution is 6.03. The summed E-state index contributed by atoms with van der Waals surface area (Å²) < 4.78 is 9.00. The Morgan fingerprint density at radius 1 is 1.03 bits per heavy atom. The van der Waals surface area contributed by atoms with Gasteiger partial charge in [0.25, 0.3) is 11.5 Å². The van der Waals surface area contributed by atoms with Gasteiger partial charge in [0.1, 0.15) is 28.6 Å². The number of nitrogens with one attached hydrogen (secondary N) is 1. The van der Waals surface area contributed by atoms with Crippen LogP contribution in [0.1, 0.15) is 10.4 Å². The first-order valence-corrected chi connectivity index (χ1v) is 9.05. The number of rotatable bonds is 5. The molecule has 0 saturated carbocycles. The Morgan fingerprint density at radius 3 is 2.63 bits per heavy atom. The number of pyridine rings is 3. The Hall–Kier alpha value is -4.27. The molecule has 0 radical (unpaired) electrons. The number of hydrogen-bond acceptors (Lipinski definition) is 6. The molecule has 0 bridgehead atoms. The third kappa shape index (κ3) is 4.09. The van der Waals surface area contributed by atoms with E-state index in [1.807, 2.05) is 17.8 Å². The molecule has 0 fully saturated rings. The molecule has 1 N–H and O–H groups in total. The van der Waals surface area contributed by atoms with Gasteiger partial charge in [0, 0.05) is 38.8 Å². The van der Waals surface area contributed by atoms with E-state index in [2.05, 4.69) is 20.3 Å². The largest absolute Gasteiger partial charge is 0.456 e. The van der Waals surface area contributed by atoms with Crippen LogP contribution >= 0.6 is 0 Å². The van der Waals surface area contributed by atoms with Crippen molar-refractivity contribution in [3.63, 3.8) is 0 Å². The van der Waals surface area contributed by atoms with Crippen LogP contribution in [0.25, 0.3) is 11.4 Å². The summed E-state index contributed by atoms with van der Waals surface area (Å²) in [5, 5.41) is 2.61. The maximum Gasteiger partial charge on any atom is 0.263 e. The highest BCUT2D eigenvalue weighted by atomic mass is 16.5. The Labute approximate surface area is 171 Å². The molecule has 4 rings (SSSR count). The number of imidazole rings is 1. The Morgan fingerprint density at radius 2 is 1.90 bits per heavy atom. The van der Waals surface area contributed by atoms with Gasteiger partial charge in [-0.3, -0.25) is 14.6 Å². The summed E-state index contributed by atoms with van der Waals surface area (Å²) in [5.41, 5.74) is 1.10. The normalized spacial score (nSPS) is 10.6. The summed E-state index contributed by atoms with van der Waals surface area (Å²) in [5.74, 6) is 0.854. The summed E-state index contributed by atoms with van der Waals surface area (Å²) in [6, 6.07) is 9.89. The van der Waals surface area contributed by atoms with Crippen molar-refractivity contribution in [3.8, 4) is 22.9 Å². The number of anilines is 1. The lowest BCUT2D eigenvalue weighted by atomic mass is 10.2. The van der Waals surface area contributed by atoms with E-state index in [4.69, 9.17) is 4.74 Å². The predicted molar refractivity (Wildman–Crippen MR) is 110 cm³/mol.